The first-order valence-corrected chi connectivity index (χ1v) is 5.63. The summed E-state index contributed by atoms with van der Waals surface area (Å²) >= 11 is 0. The van der Waals surface area contributed by atoms with Crippen LogP contribution < -0.4 is 5.73 Å². The highest BCUT2D eigenvalue weighted by molar-refractivity contribution is 5.28. The minimum atomic E-state index is 0.589. The van der Waals surface area contributed by atoms with Crippen molar-refractivity contribution in [1.29, 1.82) is 0 Å². The molecule has 4 nitrogen and oxygen atoms in total. The van der Waals surface area contributed by atoms with Crippen LogP contribution in [0.15, 0.2) is 6.07 Å². The second kappa shape index (κ2) is 4.66. The van der Waals surface area contributed by atoms with Crippen molar-refractivity contribution in [3.8, 4) is 0 Å². The largest absolute Gasteiger partial charge is 0.382 e. The topological polar surface area (TPSA) is 53.1 Å². The summed E-state index contributed by atoms with van der Waals surface area (Å²) in [7, 11) is 0. The van der Waals surface area contributed by atoms with Crippen molar-refractivity contribution in [3.05, 3.63) is 11.8 Å². The minimum absolute atomic E-state index is 0.589. The van der Waals surface area contributed by atoms with Crippen molar-refractivity contribution in [1.82, 2.24) is 9.78 Å². The van der Waals surface area contributed by atoms with Crippen LogP contribution in [-0.2, 0) is 11.3 Å². The van der Waals surface area contributed by atoms with Gasteiger partial charge in [0.15, 0.2) is 0 Å². The smallest absolute Gasteiger partial charge is 0.145 e. The van der Waals surface area contributed by atoms with Crippen molar-refractivity contribution >= 4 is 5.82 Å². The molecule has 0 aliphatic heterocycles. The Hall–Kier alpha value is -1.03. The number of rotatable bonds is 5. The molecule has 0 amide bonds. The molecular weight excluding hydrogens is 190 g/mol. The van der Waals surface area contributed by atoms with Crippen LogP contribution in [0.1, 0.15) is 25.0 Å². The van der Waals surface area contributed by atoms with E-state index in [1.54, 1.807) is 0 Å². The molecule has 2 N–H and O–H groups in total. The number of nitrogen functional groups attached to an aromatic ring is 1. The fourth-order valence-corrected chi connectivity index (χ4v) is 1.82. The summed E-state index contributed by atoms with van der Waals surface area (Å²) in [6, 6.07) is 1.88. The maximum Gasteiger partial charge on any atom is 0.145 e. The highest BCUT2D eigenvalue weighted by Gasteiger charge is 2.16. The van der Waals surface area contributed by atoms with Crippen LogP contribution in [-0.4, -0.2) is 23.0 Å². The average Bonchev–Trinajstić information content (AvgIpc) is 2.42. The Morgan fingerprint density at radius 2 is 2.40 bits per heavy atom. The van der Waals surface area contributed by atoms with Gasteiger partial charge in [-0.3, -0.25) is 4.68 Å². The van der Waals surface area contributed by atoms with Gasteiger partial charge in [0.2, 0.25) is 0 Å². The Bertz CT molecular complexity index is 318. The van der Waals surface area contributed by atoms with Gasteiger partial charge in [0.05, 0.1) is 13.2 Å². The van der Waals surface area contributed by atoms with Crippen molar-refractivity contribution < 1.29 is 4.74 Å². The van der Waals surface area contributed by atoms with E-state index in [-0.39, 0.29) is 0 Å². The molecule has 1 heterocycles. The Morgan fingerprint density at radius 3 is 2.93 bits per heavy atom. The van der Waals surface area contributed by atoms with Crippen molar-refractivity contribution in [2.75, 3.05) is 18.9 Å². The standard InChI is InChI=1S/C11H19N3O/c1-9-7-11(12)13-14(9)5-6-15-8-10-3-2-4-10/h7,10H,2-6,8H2,1H3,(H2,12,13). The average molecular weight is 209 g/mol. The van der Waals surface area contributed by atoms with Crippen molar-refractivity contribution in [2.45, 2.75) is 32.7 Å². The van der Waals surface area contributed by atoms with Gasteiger partial charge in [0.25, 0.3) is 0 Å². The van der Waals surface area contributed by atoms with Crippen LogP contribution >= 0.6 is 0 Å². The fraction of sp³-hybridized carbons (Fsp3) is 0.727. The Balaban J connectivity index is 1.66. The first kappa shape index (κ1) is 10.5. The predicted octanol–water partition coefficient (Wildman–Crippen LogP) is 1.59. The monoisotopic (exact) mass is 209 g/mol. The van der Waals surface area contributed by atoms with E-state index in [9.17, 15) is 0 Å². The molecule has 0 saturated heterocycles. The number of nitrogens with zero attached hydrogens (tertiary/aromatic N) is 2. The third-order valence-corrected chi connectivity index (χ3v) is 3.03. The van der Waals surface area contributed by atoms with Crippen LogP contribution in [0, 0.1) is 12.8 Å². The molecule has 0 spiro atoms. The summed E-state index contributed by atoms with van der Waals surface area (Å²) in [4.78, 5) is 0. The quantitative estimate of drug-likeness (QED) is 0.749. The van der Waals surface area contributed by atoms with E-state index in [0.717, 1.165) is 31.4 Å². The summed E-state index contributed by atoms with van der Waals surface area (Å²) in [5, 5.41) is 4.18. The second-order valence-corrected chi connectivity index (χ2v) is 4.31. The van der Waals surface area contributed by atoms with Gasteiger partial charge in [-0.2, -0.15) is 5.10 Å². The van der Waals surface area contributed by atoms with E-state index < -0.39 is 0 Å². The molecule has 0 aromatic carbocycles. The molecule has 1 fully saturated rings. The van der Waals surface area contributed by atoms with Gasteiger partial charge in [0, 0.05) is 18.4 Å². The molecule has 2 rings (SSSR count). The number of hydrogen-bond donors (Lipinski definition) is 1. The lowest BCUT2D eigenvalue weighted by Gasteiger charge is -2.24. The third-order valence-electron chi connectivity index (χ3n) is 3.03. The van der Waals surface area contributed by atoms with Gasteiger partial charge in [-0.1, -0.05) is 6.42 Å². The zero-order valence-electron chi connectivity index (χ0n) is 9.28. The Morgan fingerprint density at radius 1 is 1.60 bits per heavy atom. The molecule has 0 unspecified atom stereocenters. The maximum atomic E-state index is 5.60. The minimum Gasteiger partial charge on any atom is -0.382 e. The van der Waals surface area contributed by atoms with Crippen LogP contribution in [0.25, 0.3) is 0 Å². The summed E-state index contributed by atoms with van der Waals surface area (Å²) in [6.45, 7) is 4.46. The maximum absolute atomic E-state index is 5.60. The molecule has 1 aromatic heterocycles. The second-order valence-electron chi connectivity index (χ2n) is 4.31. The third kappa shape index (κ3) is 2.72. The SMILES string of the molecule is Cc1cc(N)nn1CCOCC1CCC1. The highest BCUT2D eigenvalue weighted by Crippen LogP contribution is 2.26. The van der Waals surface area contributed by atoms with Gasteiger partial charge in [-0.25, -0.2) is 0 Å². The van der Waals surface area contributed by atoms with Crippen molar-refractivity contribution in [3.63, 3.8) is 0 Å². The Labute approximate surface area is 90.4 Å². The molecule has 84 valence electrons. The number of anilines is 1. The van der Waals surface area contributed by atoms with Crippen LogP contribution in [0.2, 0.25) is 0 Å². The molecule has 1 aliphatic carbocycles. The van der Waals surface area contributed by atoms with E-state index in [1.165, 1.54) is 19.3 Å². The number of hydrogen-bond acceptors (Lipinski definition) is 3. The lowest BCUT2D eigenvalue weighted by atomic mass is 9.86. The van der Waals surface area contributed by atoms with Gasteiger partial charge in [-0.05, 0) is 25.7 Å². The molecule has 0 atom stereocenters. The van der Waals surface area contributed by atoms with Gasteiger partial charge < -0.3 is 10.5 Å². The molecule has 0 bridgehead atoms. The van der Waals surface area contributed by atoms with Crippen LogP contribution in [0.5, 0.6) is 0 Å². The first-order valence-electron chi connectivity index (χ1n) is 5.63. The van der Waals surface area contributed by atoms with Crippen LogP contribution in [0.4, 0.5) is 5.82 Å². The molecule has 1 saturated carbocycles. The summed E-state index contributed by atoms with van der Waals surface area (Å²) in [6.07, 6.45) is 4.06. The number of aryl methyl sites for hydroxylation is 1. The zero-order chi connectivity index (χ0) is 10.7. The van der Waals surface area contributed by atoms with E-state index in [2.05, 4.69) is 5.10 Å². The summed E-state index contributed by atoms with van der Waals surface area (Å²) in [5.74, 6) is 1.40. The Kier molecular flexibility index (Phi) is 3.26. The van der Waals surface area contributed by atoms with E-state index in [0.29, 0.717) is 5.82 Å². The molecule has 1 aliphatic rings. The number of nitrogens with two attached hydrogens (primary N) is 1. The van der Waals surface area contributed by atoms with Gasteiger partial charge in [0.1, 0.15) is 5.82 Å². The molecule has 15 heavy (non-hydrogen) atoms. The van der Waals surface area contributed by atoms with E-state index in [4.69, 9.17) is 10.5 Å². The summed E-state index contributed by atoms with van der Waals surface area (Å²) in [5.41, 5.74) is 6.69. The zero-order valence-corrected chi connectivity index (χ0v) is 9.28. The van der Waals surface area contributed by atoms with E-state index >= 15 is 0 Å². The van der Waals surface area contributed by atoms with Gasteiger partial charge in [-0.15, -0.1) is 0 Å². The van der Waals surface area contributed by atoms with Crippen molar-refractivity contribution in [2.24, 2.45) is 5.92 Å². The van der Waals surface area contributed by atoms with E-state index in [1.807, 2.05) is 17.7 Å². The lowest BCUT2D eigenvalue weighted by molar-refractivity contribution is 0.0639. The predicted molar refractivity (Wildman–Crippen MR) is 59.5 cm³/mol. The fourth-order valence-electron chi connectivity index (χ4n) is 1.82. The number of aromatic nitrogens is 2. The molecule has 0 radical (unpaired) electrons. The summed E-state index contributed by atoms with van der Waals surface area (Å²) < 4.78 is 7.50. The molecule has 1 aromatic rings. The lowest BCUT2D eigenvalue weighted by Crippen LogP contribution is -2.19. The van der Waals surface area contributed by atoms with Gasteiger partial charge >= 0.3 is 0 Å². The highest BCUT2D eigenvalue weighted by atomic mass is 16.5. The number of ether oxygens (including phenoxy) is 1. The molecular formula is C11H19N3O. The normalized spacial score (nSPS) is 16.6. The van der Waals surface area contributed by atoms with Crippen LogP contribution in [0.3, 0.4) is 0 Å². The molecule has 4 heteroatoms. The first-order chi connectivity index (χ1) is 7.25.